The van der Waals surface area contributed by atoms with Gasteiger partial charge in [-0.2, -0.15) is 13.2 Å². The van der Waals surface area contributed by atoms with Gasteiger partial charge in [-0.1, -0.05) is 12.1 Å². The highest BCUT2D eigenvalue weighted by Gasteiger charge is 2.40. The van der Waals surface area contributed by atoms with Gasteiger partial charge in [-0.3, -0.25) is 4.79 Å². The summed E-state index contributed by atoms with van der Waals surface area (Å²) >= 11 is 0. The first kappa shape index (κ1) is 15.8. The van der Waals surface area contributed by atoms with Crippen molar-refractivity contribution in [2.45, 2.75) is 24.7 Å². The number of halogens is 3. The summed E-state index contributed by atoms with van der Waals surface area (Å²) in [6.45, 7) is 0.815. The van der Waals surface area contributed by atoms with Gasteiger partial charge in [0.1, 0.15) is 5.54 Å². The van der Waals surface area contributed by atoms with Gasteiger partial charge in [0.15, 0.2) is 0 Å². The highest BCUT2D eigenvalue weighted by molar-refractivity contribution is 5.86. The van der Waals surface area contributed by atoms with Crippen molar-refractivity contribution in [2.24, 2.45) is 5.73 Å². The summed E-state index contributed by atoms with van der Waals surface area (Å²) < 4.78 is 42.5. The molecule has 116 valence electrons. The molecule has 1 heterocycles. The van der Waals surface area contributed by atoms with Crippen LogP contribution >= 0.6 is 0 Å². The molecule has 1 atom stereocenters. The fourth-order valence-electron chi connectivity index (χ4n) is 2.27. The largest absolute Gasteiger partial charge is 0.416 e. The van der Waals surface area contributed by atoms with Gasteiger partial charge < -0.3 is 15.4 Å². The van der Waals surface area contributed by atoms with Crippen molar-refractivity contribution in [1.29, 1.82) is 0 Å². The Morgan fingerprint density at radius 2 is 2.00 bits per heavy atom. The lowest BCUT2D eigenvalue weighted by atomic mass is 9.98. The Balaban J connectivity index is 2.02. The van der Waals surface area contributed by atoms with Gasteiger partial charge in [0.05, 0.1) is 12.2 Å². The van der Waals surface area contributed by atoms with Gasteiger partial charge in [0, 0.05) is 20.2 Å². The molecule has 21 heavy (non-hydrogen) atoms. The van der Waals surface area contributed by atoms with E-state index in [0.717, 1.165) is 12.1 Å². The van der Waals surface area contributed by atoms with Crippen LogP contribution in [-0.4, -0.2) is 36.6 Å². The summed E-state index contributed by atoms with van der Waals surface area (Å²) in [6.07, 6.45) is -3.91. The Labute approximate surface area is 120 Å². The number of amides is 1. The molecule has 2 rings (SSSR count). The molecule has 2 N–H and O–H groups in total. The molecule has 1 saturated heterocycles. The maximum Gasteiger partial charge on any atom is 0.416 e. The molecule has 1 unspecified atom stereocenters. The van der Waals surface area contributed by atoms with Gasteiger partial charge in [-0.05, 0) is 24.1 Å². The Morgan fingerprint density at radius 1 is 1.38 bits per heavy atom. The average molecular weight is 302 g/mol. The molecule has 1 fully saturated rings. The molecule has 0 aromatic heterocycles. The van der Waals surface area contributed by atoms with Crippen molar-refractivity contribution in [3.05, 3.63) is 35.4 Å². The molecule has 0 radical (unpaired) electrons. The van der Waals surface area contributed by atoms with Crippen LogP contribution < -0.4 is 5.73 Å². The molecule has 0 saturated carbocycles. The number of nitrogens with zero attached hydrogens (tertiary/aromatic N) is 1. The van der Waals surface area contributed by atoms with E-state index in [2.05, 4.69) is 0 Å². The summed E-state index contributed by atoms with van der Waals surface area (Å²) in [5, 5.41) is 0. The smallest absolute Gasteiger partial charge is 0.379 e. The first-order valence-corrected chi connectivity index (χ1v) is 6.51. The minimum absolute atomic E-state index is 0.170. The summed E-state index contributed by atoms with van der Waals surface area (Å²) in [6, 6.07) is 4.73. The zero-order valence-electron chi connectivity index (χ0n) is 11.6. The first-order chi connectivity index (χ1) is 9.72. The van der Waals surface area contributed by atoms with Crippen LogP contribution in [0, 0.1) is 0 Å². The van der Waals surface area contributed by atoms with Crippen LogP contribution in [0.2, 0.25) is 0 Å². The fourth-order valence-corrected chi connectivity index (χ4v) is 2.27. The van der Waals surface area contributed by atoms with Gasteiger partial charge >= 0.3 is 6.18 Å². The van der Waals surface area contributed by atoms with Crippen LogP contribution in [0.5, 0.6) is 0 Å². The van der Waals surface area contributed by atoms with Crippen molar-refractivity contribution in [2.75, 3.05) is 20.3 Å². The Hall–Kier alpha value is -1.60. The zero-order valence-corrected chi connectivity index (χ0v) is 11.6. The number of ether oxygens (including phenoxy) is 1. The second-order valence-corrected chi connectivity index (χ2v) is 5.31. The van der Waals surface area contributed by atoms with Crippen LogP contribution in [-0.2, 0) is 22.3 Å². The highest BCUT2D eigenvalue weighted by Crippen LogP contribution is 2.29. The van der Waals surface area contributed by atoms with Crippen LogP contribution in [0.3, 0.4) is 0 Å². The molecular weight excluding hydrogens is 285 g/mol. The maximum absolute atomic E-state index is 12.5. The second kappa shape index (κ2) is 5.65. The predicted molar refractivity (Wildman–Crippen MR) is 70.3 cm³/mol. The summed E-state index contributed by atoms with van der Waals surface area (Å²) in [5.74, 6) is -0.264. The Kier molecular flexibility index (Phi) is 4.25. The standard InChI is InChI=1S/C14H17F3N2O2/c1-19(12(20)13(18)6-7-21-9-13)8-10-2-4-11(5-3-10)14(15,16)17/h2-5H,6-9,18H2,1H3. The topological polar surface area (TPSA) is 55.6 Å². The Bertz CT molecular complexity index is 508. The van der Waals surface area contributed by atoms with E-state index in [1.807, 2.05) is 0 Å². The van der Waals surface area contributed by atoms with Gasteiger partial charge in [-0.15, -0.1) is 0 Å². The molecule has 1 aromatic carbocycles. The van der Waals surface area contributed by atoms with E-state index in [1.54, 1.807) is 7.05 Å². The van der Waals surface area contributed by atoms with Crippen LogP contribution in [0.4, 0.5) is 13.2 Å². The van der Waals surface area contributed by atoms with E-state index in [0.29, 0.717) is 18.6 Å². The number of carbonyl (C=O) groups excluding carboxylic acids is 1. The maximum atomic E-state index is 12.5. The number of alkyl halides is 3. The number of benzene rings is 1. The monoisotopic (exact) mass is 302 g/mol. The fraction of sp³-hybridized carbons (Fsp3) is 0.500. The van der Waals surface area contributed by atoms with Crippen LogP contribution in [0.25, 0.3) is 0 Å². The van der Waals surface area contributed by atoms with E-state index >= 15 is 0 Å². The third kappa shape index (κ3) is 3.54. The van der Waals surface area contributed by atoms with E-state index in [9.17, 15) is 18.0 Å². The highest BCUT2D eigenvalue weighted by atomic mass is 19.4. The van der Waals surface area contributed by atoms with E-state index < -0.39 is 17.3 Å². The van der Waals surface area contributed by atoms with Crippen LogP contribution in [0.1, 0.15) is 17.5 Å². The third-order valence-electron chi connectivity index (χ3n) is 3.53. The number of hydrogen-bond acceptors (Lipinski definition) is 3. The number of hydrogen-bond donors (Lipinski definition) is 1. The number of likely N-dealkylation sites (N-methyl/N-ethyl adjacent to an activating group) is 1. The van der Waals surface area contributed by atoms with Crippen molar-refractivity contribution in [1.82, 2.24) is 4.90 Å². The zero-order chi connectivity index (χ0) is 15.7. The number of rotatable bonds is 3. The van der Waals surface area contributed by atoms with Crippen molar-refractivity contribution >= 4 is 5.91 Å². The third-order valence-corrected chi connectivity index (χ3v) is 3.53. The molecule has 7 heteroatoms. The molecule has 4 nitrogen and oxygen atoms in total. The van der Waals surface area contributed by atoms with E-state index in [1.165, 1.54) is 17.0 Å². The van der Waals surface area contributed by atoms with Crippen molar-refractivity contribution in [3.8, 4) is 0 Å². The minimum atomic E-state index is -4.36. The first-order valence-electron chi connectivity index (χ1n) is 6.51. The number of nitrogens with two attached hydrogens (primary N) is 1. The van der Waals surface area contributed by atoms with Gasteiger partial charge in [-0.25, -0.2) is 0 Å². The molecule has 1 amide bonds. The van der Waals surface area contributed by atoms with E-state index in [-0.39, 0.29) is 19.1 Å². The SMILES string of the molecule is CN(Cc1ccc(C(F)(F)F)cc1)C(=O)C1(N)CCOC1. The summed E-state index contributed by atoms with van der Waals surface area (Å²) in [7, 11) is 1.58. The normalized spacial score (nSPS) is 22.3. The molecule has 0 aliphatic carbocycles. The van der Waals surface area contributed by atoms with Crippen molar-refractivity contribution < 1.29 is 22.7 Å². The molecule has 1 aromatic rings. The molecule has 0 bridgehead atoms. The van der Waals surface area contributed by atoms with Crippen LogP contribution in [0.15, 0.2) is 24.3 Å². The lowest BCUT2D eigenvalue weighted by Gasteiger charge is -2.27. The second-order valence-electron chi connectivity index (χ2n) is 5.31. The minimum Gasteiger partial charge on any atom is -0.379 e. The molecule has 1 aliphatic rings. The predicted octanol–water partition coefficient (Wildman–Crippen LogP) is 1.78. The molecule has 0 spiro atoms. The molecule has 1 aliphatic heterocycles. The molecular formula is C14H17F3N2O2. The van der Waals surface area contributed by atoms with E-state index in [4.69, 9.17) is 10.5 Å². The Morgan fingerprint density at radius 3 is 2.48 bits per heavy atom. The average Bonchev–Trinajstić information content (AvgIpc) is 2.85. The van der Waals surface area contributed by atoms with Gasteiger partial charge in [0.25, 0.3) is 0 Å². The lowest BCUT2D eigenvalue weighted by Crippen LogP contribution is -2.54. The summed E-state index contributed by atoms with van der Waals surface area (Å²) in [5.41, 5.74) is 4.85. The van der Waals surface area contributed by atoms with Gasteiger partial charge in [0.2, 0.25) is 5.91 Å². The quantitative estimate of drug-likeness (QED) is 0.926. The van der Waals surface area contributed by atoms with Crippen molar-refractivity contribution in [3.63, 3.8) is 0 Å². The lowest BCUT2D eigenvalue weighted by molar-refractivity contribution is -0.138. The summed E-state index contributed by atoms with van der Waals surface area (Å²) in [4.78, 5) is 13.7. The number of carbonyl (C=O) groups is 1.